The second kappa shape index (κ2) is 13.5. The van der Waals surface area contributed by atoms with Crippen molar-refractivity contribution in [3.8, 4) is 11.7 Å². The molecule has 4 aromatic rings. The highest BCUT2D eigenvalue weighted by Gasteiger charge is 2.85. The number of nitrogens with zero attached hydrogens (tertiary/aromatic N) is 6. The van der Waals surface area contributed by atoms with Crippen molar-refractivity contribution in [1.82, 2.24) is 34.4 Å². The zero-order valence-electron chi connectivity index (χ0n) is 30.1. The third-order valence-electron chi connectivity index (χ3n) is 12.0. The Kier molecular flexibility index (Phi) is 9.07. The topological polar surface area (TPSA) is 182 Å². The lowest BCUT2D eigenvalue weighted by Crippen LogP contribution is -2.41. The highest BCUT2D eigenvalue weighted by Crippen LogP contribution is 2.93. The number of hydrogen-bond donors (Lipinski definition) is 3. The predicted octanol–water partition coefficient (Wildman–Crippen LogP) is 6.50. The van der Waals surface area contributed by atoms with Crippen LogP contribution in [0, 0.1) is 22.7 Å². The summed E-state index contributed by atoms with van der Waals surface area (Å²) in [5.74, 6) is 1.04. The number of nitrogens with one attached hydrogen (secondary N) is 2. The second-order valence-electron chi connectivity index (χ2n) is 15.7. The second-order valence-corrected chi connectivity index (χ2v) is 17.7. The summed E-state index contributed by atoms with van der Waals surface area (Å²) in [5, 5.41) is 16.8. The maximum absolute atomic E-state index is 13.4. The van der Waals surface area contributed by atoms with Crippen molar-refractivity contribution in [3.63, 3.8) is 0 Å². The molecule has 4 fully saturated rings. The highest BCUT2D eigenvalue weighted by molar-refractivity contribution is 7.90. The molecule has 5 heterocycles. The summed E-state index contributed by atoms with van der Waals surface area (Å²) in [4.78, 5) is 39.6. The van der Waals surface area contributed by atoms with Gasteiger partial charge >= 0.3 is 6.09 Å². The Morgan fingerprint density at radius 2 is 1.80 bits per heavy atom. The maximum Gasteiger partial charge on any atom is 0.407 e. The average molecular weight is 775 g/mol. The SMILES string of the molecule is CC1(C)C[C@@H](CCC(Nc2cccc(S(=O)(=O)NC(=O)c3ccc(-n4ccc(OCCC5C6(CC6)C56CC6)n4)nc3Cl)n2)c2ccccn2)CN1C(=O)O. The van der Waals surface area contributed by atoms with Gasteiger partial charge in [0.25, 0.3) is 15.9 Å². The van der Waals surface area contributed by atoms with Crippen molar-refractivity contribution in [2.45, 2.75) is 81.8 Å². The monoisotopic (exact) mass is 774 g/mol. The molecule has 1 unspecified atom stereocenters. The zero-order valence-corrected chi connectivity index (χ0v) is 31.7. The number of hydrogen-bond acceptors (Lipinski definition) is 10. The molecule has 1 saturated heterocycles. The molecule has 54 heavy (non-hydrogen) atoms. The molecule has 3 aliphatic carbocycles. The van der Waals surface area contributed by atoms with Crippen molar-refractivity contribution in [3.05, 3.63) is 83.4 Å². The van der Waals surface area contributed by atoms with Gasteiger partial charge in [-0.1, -0.05) is 23.7 Å². The van der Waals surface area contributed by atoms with Crippen LogP contribution >= 0.6 is 11.6 Å². The van der Waals surface area contributed by atoms with Crippen LogP contribution < -0.4 is 14.8 Å². The van der Waals surface area contributed by atoms with E-state index in [1.54, 1.807) is 30.6 Å². The van der Waals surface area contributed by atoms with Crippen LogP contribution in [0.3, 0.4) is 0 Å². The first-order valence-corrected chi connectivity index (χ1v) is 20.2. The summed E-state index contributed by atoms with van der Waals surface area (Å²) in [7, 11) is -4.42. The number of fused-ring (bicyclic) bond motifs is 1. The molecule has 2 spiro atoms. The number of rotatable bonds is 14. The third kappa shape index (κ3) is 6.87. The summed E-state index contributed by atoms with van der Waals surface area (Å²) >= 11 is 6.40. The number of carbonyl (C=O) groups is 2. The van der Waals surface area contributed by atoms with Crippen LogP contribution in [0.1, 0.15) is 87.3 Å². The van der Waals surface area contributed by atoms with Gasteiger partial charge in [-0.15, -0.1) is 5.10 Å². The molecular formula is C38H43ClN8O6S. The van der Waals surface area contributed by atoms with Crippen molar-refractivity contribution < 1.29 is 27.9 Å². The van der Waals surface area contributed by atoms with Gasteiger partial charge in [0.1, 0.15) is 11.0 Å². The van der Waals surface area contributed by atoms with E-state index in [0.717, 1.165) is 24.5 Å². The van der Waals surface area contributed by atoms with E-state index in [0.29, 0.717) is 48.5 Å². The number of amides is 2. The number of ether oxygens (including phenoxy) is 1. The zero-order chi connectivity index (χ0) is 37.9. The third-order valence-corrected chi connectivity index (χ3v) is 13.5. The van der Waals surface area contributed by atoms with Gasteiger partial charge in [-0.3, -0.25) is 9.78 Å². The molecule has 2 atom stereocenters. The number of aromatic nitrogens is 5. The fourth-order valence-corrected chi connectivity index (χ4v) is 10.3. The fourth-order valence-electron chi connectivity index (χ4n) is 9.12. The first-order chi connectivity index (χ1) is 25.8. The molecule has 3 saturated carbocycles. The van der Waals surface area contributed by atoms with E-state index in [-0.39, 0.29) is 33.5 Å². The fraction of sp³-hybridized carbons (Fsp3) is 0.474. The largest absolute Gasteiger partial charge is 0.477 e. The van der Waals surface area contributed by atoms with Crippen molar-refractivity contribution >= 4 is 39.4 Å². The first kappa shape index (κ1) is 36.2. The molecule has 0 aromatic carbocycles. The number of likely N-dealkylation sites (tertiary alicyclic amines) is 1. The lowest BCUT2D eigenvalue weighted by molar-refractivity contribution is 0.0980. The minimum atomic E-state index is -4.42. The van der Waals surface area contributed by atoms with Crippen LogP contribution in [0.25, 0.3) is 5.82 Å². The van der Waals surface area contributed by atoms with E-state index < -0.39 is 27.6 Å². The Morgan fingerprint density at radius 3 is 2.46 bits per heavy atom. The van der Waals surface area contributed by atoms with Crippen LogP contribution in [0.4, 0.5) is 10.6 Å². The summed E-state index contributed by atoms with van der Waals surface area (Å²) in [6.07, 6.45) is 11.0. The van der Waals surface area contributed by atoms with Crippen molar-refractivity contribution in [1.29, 1.82) is 0 Å². The summed E-state index contributed by atoms with van der Waals surface area (Å²) < 4.78 is 36.3. The first-order valence-electron chi connectivity index (χ1n) is 18.4. The smallest absolute Gasteiger partial charge is 0.407 e. The Labute approximate surface area is 318 Å². The van der Waals surface area contributed by atoms with Gasteiger partial charge in [0, 0.05) is 30.5 Å². The Morgan fingerprint density at radius 1 is 1.02 bits per heavy atom. The minimum absolute atomic E-state index is 0.138. The van der Waals surface area contributed by atoms with E-state index in [1.165, 1.54) is 59.5 Å². The molecule has 0 radical (unpaired) electrons. The summed E-state index contributed by atoms with van der Waals surface area (Å²) in [6.45, 7) is 4.90. The van der Waals surface area contributed by atoms with E-state index in [9.17, 15) is 23.1 Å². The number of halogens is 1. The van der Waals surface area contributed by atoms with E-state index in [4.69, 9.17) is 16.3 Å². The van der Waals surface area contributed by atoms with Gasteiger partial charge < -0.3 is 20.1 Å². The van der Waals surface area contributed by atoms with Crippen molar-refractivity contribution in [2.24, 2.45) is 22.7 Å². The van der Waals surface area contributed by atoms with E-state index >= 15 is 0 Å². The lowest BCUT2D eigenvalue weighted by atomic mass is 9.91. The molecular weight excluding hydrogens is 732 g/mol. The number of carbonyl (C=O) groups excluding carboxylic acids is 1. The average Bonchev–Trinajstić information content (AvgIpc) is 4.09. The molecule has 4 aromatic heterocycles. The van der Waals surface area contributed by atoms with Gasteiger partial charge in [0.2, 0.25) is 5.88 Å². The highest BCUT2D eigenvalue weighted by atomic mass is 35.5. The standard InChI is InChI=1S/C38H43ClN8O6S/c1-36(2)22-24(23-46(36)35(49)50)9-11-27(26-6-3-4-19-40-26)41-29-7-5-8-32(42-29)54(51,52)45-34(48)25-10-12-30(43-33(25)39)47-20-13-31(44-47)53-21-14-28-37(15-16-37)38(28)17-18-38/h3-8,10,12-13,19-20,24,27-28H,9,11,14-18,21-23H2,1-2H3,(H,41,42)(H,45,48)(H,49,50)/t24-,27?/m1/s1. The quantitative estimate of drug-likeness (QED) is 0.119. The molecule has 3 N–H and O–H groups in total. The lowest BCUT2D eigenvalue weighted by Gasteiger charge is -2.28. The molecule has 1 aliphatic heterocycles. The van der Waals surface area contributed by atoms with Gasteiger partial charge in [0.15, 0.2) is 10.8 Å². The van der Waals surface area contributed by atoms with Gasteiger partial charge in [0.05, 0.1) is 23.9 Å². The molecule has 16 heteroatoms. The van der Waals surface area contributed by atoms with E-state index in [1.807, 2.05) is 26.0 Å². The van der Waals surface area contributed by atoms with Gasteiger partial charge in [-0.25, -0.2) is 24.2 Å². The number of sulfonamides is 1. The maximum atomic E-state index is 13.4. The Bertz CT molecular complexity index is 2170. The van der Waals surface area contributed by atoms with Crippen LogP contribution in [-0.2, 0) is 10.0 Å². The number of carboxylic acid groups (broad SMARTS) is 1. The minimum Gasteiger partial charge on any atom is -0.477 e. The molecule has 2 amide bonds. The molecule has 284 valence electrons. The number of anilines is 1. The van der Waals surface area contributed by atoms with Gasteiger partial charge in [-0.05, 0) is 124 Å². The molecule has 8 rings (SSSR count). The molecule has 0 bridgehead atoms. The summed E-state index contributed by atoms with van der Waals surface area (Å²) in [5.41, 5.74) is 1.39. The van der Waals surface area contributed by atoms with Crippen molar-refractivity contribution in [2.75, 3.05) is 18.5 Å². The molecule has 4 aliphatic rings. The van der Waals surface area contributed by atoms with Gasteiger partial charge in [-0.2, -0.15) is 8.42 Å². The Balaban J connectivity index is 0.893. The van der Waals surface area contributed by atoms with E-state index in [2.05, 4.69) is 30.1 Å². The predicted molar refractivity (Wildman–Crippen MR) is 199 cm³/mol. The normalized spacial score (nSPS) is 20.8. The van der Waals surface area contributed by atoms with Crippen LogP contribution in [0.5, 0.6) is 5.88 Å². The molecule has 14 nitrogen and oxygen atoms in total. The van der Waals surface area contributed by atoms with Crippen LogP contribution in [0.2, 0.25) is 5.15 Å². The Hall–Kier alpha value is -4.76. The van der Waals surface area contributed by atoms with Crippen LogP contribution in [0.15, 0.2) is 72.0 Å². The number of pyridine rings is 3. The summed E-state index contributed by atoms with van der Waals surface area (Å²) in [6, 6.07) is 14.3. The van der Waals surface area contributed by atoms with Crippen LogP contribution in [-0.4, -0.2) is 73.8 Å².